The van der Waals surface area contributed by atoms with Crippen LogP contribution in [0.2, 0.25) is 0 Å². The van der Waals surface area contributed by atoms with Crippen molar-refractivity contribution < 1.29 is 38.1 Å². The Morgan fingerprint density at radius 2 is 0.959 bits per heavy atom. The lowest BCUT2D eigenvalue weighted by Crippen LogP contribution is -2.56. The van der Waals surface area contributed by atoms with E-state index in [4.69, 9.17) is 38.9 Å². The van der Waals surface area contributed by atoms with Gasteiger partial charge >= 0.3 is 12.2 Å². The van der Waals surface area contributed by atoms with Crippen LogP contribution in [0.1, 0.15) is 134 Å². The van der Waals surface area contributed by atoms with E-state index in [9.17, 15) is 9.59 Å². The number of amides is 4. The summed E-state index contributed by atoms with van der Waals surface area (Å²) in [4.78, 5) is 84.2. The van der Waals surface area contributed by atoms with E-state index >= 15 is 9.59 Å². The first-order valence-corrected chi connectivity index (χ1v) is 25.2. The predicted octanol–water partition coefficient (Wildman–Crippen LogP) is 9.36. The second-order valence-corrected chi connectivity index (χ2v) is 21.9. The Balaban J connectivity index is 1.04. The number of alkyl carbamates (subject to hydrolysis) is 2. The summed E-state index contributed by atoms with van der Waals surface area (Å²) in [6.45, 7) is 10.9. The Hall–Kier alpha value is -7.56. The molecule has 0 spiro atoms. The average molecular weight is 990 g/mol. The number of hydrogen-bond acceptors (Lipinski definition) is 12. The molecule has 0 unspecified atom stereocenters. The summed E-state index contributed by atoms with van der Waals surface area (Å²) < 4.78 is 22.2. The van der Waals surface area contributed by atoms with Gasteiger partial charge in [0.1, 0.15) is 22.7 Å². The zero-order chi connectivity index (χ0) is 51.5. The molecule has 4 heterocycles. The van der Waals surface area contributed by atoms with E-state index in [1.807, 2.05) is 102 Å². The Kier molecular flexibility index (Phi) is 12.6. The third kappa shape index (κ3) is 10.0. The SMILES string of the molecule is COc1ccc(-c2ncc3c(n2)-c2[nH]c(CC4(NC(=O)OC(C)(C)C)CCC4)c(C(=O)NC(=O)c4c(CC5(NC(=O)OC(C)(C)C)CCC5)[nH]c5c4CCc4cnc(-c6ccc(OC)cc6)nc4-5)c2CC3)cc1. The molecule has 10 rings (SSSR count). The van der Waals surface area contributed by atoms with Crippen molar-refractivity contribution in [2.24, 2.45) is 0 Å². The molecule has 0 atom stereocenters. The summed E-state index contributed by atoms with van der Waals surface area (Å²) in [5.41, 5.74) is 6.51. The number of H-pyrrole nitrogens is 2. The summed E-state index contributed by atoms with van der Waals surface area (Å²) in [7, 11) is 3.23. The molecule has 5 N–H and O–H groups in total. The molecule has 2 fully saturated rings. The first-order chi connectivity index (χ1) is 34.8. The second kappa shape index (κ2) is 18.8. The third-order valence-corrected chi connectivity index (χ3v) is 14.4. The standard InChI is InChI=1S/C56H63N9O8/c1-53(2,3)72-51(68)64-55(23-9-24-55)27-39-41(37-21-15-33-29-57-47(61-43(33)45(37)59-39)31-11-17-35(70-7)18-12-31)49(66)63-50(67)42-38-22-16-34-30-58-48(32-13-19-36(71-8)20-14-32)62-44(34)46(38)60-40(42)28-56(25-10-26-56)65-52(69)73-54(4,5)6/h11-14,17-20,29-30,59-60H,9-10,15-16,21-28H2,1-8H3,(H,64,68)(H,65,69)(H,63,66,67). The lowest BCUT2D eigenvalue weighted by Gasteiger charge is -2.42. The van der Waals surface area contributed by atoms with Crippen molar-refractivity contribution in [3.05, 3.63) is 106 Å². The smallest absolute Gasteiger partial charge is 0.408 e. The maximum Gasteiger partial charge on any atom is 0.408 e. The molecule has 17 heteroatoms. The summed E-state index contributed by atoms with van der Waals surface area (Å²) in [5, 5.41) is 9.18. The molecule has 6 aromatic rings. The summed E-state index contributed by atoms with van der Waals surface area (Å²) >= 11 is 0. The Morgan fingerprint density at radius 1 is 0.575 bits per heavy atom. The van der Waals surface area contributed by atoms with Gasteiger partial charge in [0, 0.05) is 58.8 Å². The molecule has 0 bridgehead atoms. The number of ether oxygens (including phenoxy) is 4. The van der Waals surface area contributed by atoms with E-state index in [2.05, 4.69) is 25.9 Å². The maximum absolute atomic E-state index is 15.3. The Labute approximate surface area is 424 Å². The highest BCUT2D eigenvalue weighted by Gasteiger charge is 2.44. The van der Waals surface area contributed by atoms with Gasteiger partial charge in [0.2, 0.25) is 0 Å². The number of aromatic amines is 2. The van der Waals surface area contributed by atoms with Crippen molar-refractivity contribution in [2.45, 2.75) is 141 Å². The minimum absolute atomic E-state index is 0.276. The summed E-state index contributed by atoms with van der Waals surface area (Å²) in [6, 6.07) is 15.0. The number of nitrogens with one attached hydrogen (secondary N) is 5. The molecule has 2 saturated carbocycles. The zero-order valence-electron chi connectivity index (χ0n) is 42.8. The highest BCUT2D eigenvalue weighted by Crippen LogP contribution is 2.43. The number of benzene rings is 2. The molecule has 0 radical (unpaired) electrons. The van der Waals surface area contributed by atoms with Crippen LogP contribution in [0.25, 0.3) is 45.6 Å². The number of aryl methyl sites for hydroxylation is 2. The van der Waals surface area contributed by atoms with Crippen LogP contribution in [0.3, 0.4) is 0 Å². The number of imide groups is 1. The lowest BCUT2D eigenvalue weighted by atomic mass is 9.73. The quantitative estimate of drug-likeness (QED) is 0.0724. The average Bonchev–Trinajstić information content (AvgIpc) is 3.89. The van der Waals surface area contributed by atoms with Gasteiger partial charge in [0.15, 0.2) is 11.6 Å². The minimum atomic E-state index is -0.717. The van der Waals surface area contributed by atoms with E-state index in [-0.39, 0.29) is 12.8 Å². The molecule has 0 saturated heterocycles. The number of rotatable bonds is 12. The minimum Gasteiger partial charge on any atom is -0.497 e. The molecule has 4 aliphatic rings. The fourth-order valence-corrected chi connectivity index (χ4v) is 10.6. The fraction of sp³-hybridized carbons (Fsp3) is 0.429. The first-order valence-electron chi connectivity index (χ1n) is 25.2. The predicted molar refractivity (Wildman–Crippen MR) is 274 cm³/mol. The molecular formula is C56H63N9O8. The number of carbonyl (C=O) groups is 4. The van der Waals surface area contributed by atoms with Crippen LogP contribution in [0.15, 0.2) is 60.9 Å². The largest absolute Gasteiger partial charge is 0.497 e. The van der Waals surface area contributed by atoms with Gasteiger partial charge in [0.05, 0.1) is 48.1 Å². The van der Waals surface area contributed by atoms with E-state index in [0.29, 0.717) is 120 Å². The molecule has 4 aromatic heterocycles. The van der Waals surface area contributed by atoms with Gasteiger partial charge in [-0.3, -0.25) is 14.9 Å². The summed E-state index contributed by atoms with van der Waals surface area (Å²) in [6.07, 6.45) is 9.62. The number of carbonyl (C=O) groups excluding carboxylic acids is 4. The molecule has 2 aromatic carbocycles. The van der Waals surface area contributed by atoms with Gasteiger partial charge in [-0.05, 0) is 177 Å². The first kappa shape index (κ1) is 49.0. The highest BCUT2D eigenvalue weighted by atomic mass is 16.6. The van der Waals surface area contributed by atoms with Gasteiger partial charge in [-0.1, -0.05) is 0 Å². The molecule has 73 heavy (non-hydrogen) atoms. The van der Waals surface area contributed by atoms with Crippen LogP contribution in [0.4, 0.5) is 9.59 Å². The van der Waals surface area contributed by atoms with Crippen molar-refractivity contribution in [2.75, 3.05) is 14.2 Å². The zero-order valence-corrected chi connectivity index (χ0v) is 42.8. The third-order valence-electron chi connectivity index (χ3n) is 14.4. The second-order valence-electron chi connectivity index (χ2n) is 21.9. The van der Waals surface area contributed by atoms with Gasteiger partial charge in [-0.15, -0.1) is 0 Å². The van der Waals surface area contributed by atoms with Gasteiger partial charge in [0.25, 0.3) is 11.8 Å². The van der Waals surface area contributed by atoms with Crippen LogP contribution in [0.5, 0.6) is 11.5 Å². The lowest BCUT2D eigenvalue weighted by molar-refractivity contribution is 0.0369. The highest BCUT2D eigenvalue weighted by molar-refractivity contribution is 6.13. The van der Waals surface area contributed by atoms with Crippen molar-refractivity contribution in [3.63, 3.8) is 0 Å². The number of aromatic nitrogens is 6. The number of nitrogens with zero attached hydrogens (tertiary/aromatic N) is 4. The van der Waals surface area contributed by atoms with Crippen molar-refractivity contribution in [1.82, 2.24) is 45.9 Å². The number of hydrogen-bond donors (Lipinski definition) is 5. The van der Waals surface area contributed by atoms with Crippen molar-refractivity contribution in [3.8, 4) is 57.1 Å². The van der Waals surface area contributed by atoms with Crippen LogP contribution >= 0.6 is 0 Å². The monoisotopic (exact) mass is 989 g/mol. The normalized spacial score (nSPS) is 15.9. The fourth-order valence-electron chi connectivity index (χ4n) is 10.6. The number of methoxy groups -OCH3 is 2. The van der Waals surface area contributed by atoms with Crippen LogP contribution < -0.4 is 25.4 Å². The van der Waals surface area contributed by atoms with E-state index in [1.54, 1.807) is 14.2 Å². The van der Waals surface area contributed by atoms with Crippen LogP contribution in [-0.2, 0) is 48.0 Å². The topological polar surface area (TPSA) is 224 Å². The number of fused-ring (bicyclic) bond motifs is 6. The van der Waals surface area contributed by atoms with Gasteiger partial charge in [-0.25, -0.2) is 29.5 Å². The van der Waals surface area contributed by atoms with E-state index < -0.39 is 46.3 Å². The van der Waals surface area contributed by atoms with Crippen molar-refractivity contribution >= 4 is 24.0 Å². The Bertz CT molecular complexity index is 2920. The molecule has 0 aliphatic heterocycles. The Morgan fingerprint density at radius 3 is 1.29 bits per heavy atom. The molecule has 4 aliphatic carbocycles. The summed E-state index contributed by atoms with van der Waals surface area (Å²) in [5.74, 6) is 1.27. The van der Waals surface area contributed by atoms with Crippen LogP contribution in [0, 0.1) is 0 Å². The van der Waals surface area contributed by atoms with E-state index in [1.165, 1.54) is 0 Å². The van der Waals surface area contributed by atoms with Gasteiger partial charge in [-0.2, -0.15) is 0 Å². The van der Waals surface area contributed by atoms with Crippen LogP contribution in [-0.4, -0.2) is 90.4 Å². The molecule has 17 nitrogen and oxygen atoms in total. The molecular weight excluding hydrogens is 927 g/mol. The van der Waals surface area contributed by atoms with E-state index in [0.717, 1.165) is 46.2 Å². The molecule has 380 valence electrons. The van der Waals surface area contributed by atoms with Gasteiger partial charge < -0.3 is 39.5 Å². The van der Waals surface area contributed by atoms with Crippen molar-refractivity contribution in [1.29, 1.82) is 0 Å². The maximum atomic E-state index is 15.3. The molecule has 4 amide bonds.